The highest BCUT2D eigenvalue weighted by atomic mass is 79.9. The molecule has 1 aliphatic heterocycles. The molecule has 0 spiro atoms. The Hall–Kier alpha value is -0.740. The second-order valence-electron chi connectivity index (χ2n) is 5.67. The lowest BCUT2D eigenvalue weighted by Gasteiger charge is -2.40. The van der Waals surface area contributed by atoms with Crippen LogP contribution in [0.4, 0.5) is 5.69 Å². The Balaban J connectivity index is 1.82. The van der Waals surface area contributed by atoms with E-state index in [1.54, 1.807) is 7.11 Å². The monoisotopic (exact) mass is 324 g/mol. The maximum atomic E-state index is 5.41. The summed E-state index contributed by atoms with van der Waals surface area (Å²) in [6.07, 6.45) is 2.78. The fourth-order valence-corrected chi connectivity index (χ4v) is 3.30. The van der Waals surface area contributed by atoms with E-state index in [9.17, 15) is 0 Å². The number of ether oxygens (including phenoxy) is 1. The normalized spacial score (nSPS) is 27.4. The van der Waals surface area contributed by atoms with Gasteiger partial charge in [0, 0.05) is 36.9 Å². The van der Waals surface area contributed by atoms with Crippen molar-refractivity contribution in [3.63, 3.8) is 0 Å². The number of piperazine rings is 1. The van der Waals surface area contributed by atoms with Crippen molar-refractivity contribution in [3.8, 4) is 5.75 Å². The lowest BCUT2D eigenvalue weighted by molar-refractivity contribution is 0.375. The molecule has 1 aliphatic carbocycles. The van der Waals surface area contributed by atoms with Gasteiger partial charge in [-0.15, -0.1) is 0 Å². The molecule has 3 nitrogen and oxygen atoms in total. The Labute approximate surface area is 123 Å². The molecule has 1 N–H and O–H groups in total. The highest BCUT2D eigenvalue weighted by molar-refractivity contribution is 9.10. The third kappa shape index (κ3) is 2.75. The van der Waals surface area contributed by atoms with E-state index in [1.807, 2.05) is 0 Å². The molecular formula is C15H21BrN2O. The van der Waals surface area contributed by atoms with Crippen molar-refractivity contribution < 1.29 is 4.74 Å². The maximum absolute atomic E-state index is 5.41. The number of nitrogens with zero attached hydrogens (tertiary/aromatic N) is 1. The largest absolute Gasteiger partial charge is 0.495 e. The van der Waals surface area contributed by atoms with Crippen LogP contribution in [0.25, 0.3) is 0 Å². The Morgan fingerprint density at radius 3 is 2.84 bits per heavy atom. The average Bonchev–Trinajstić information content (AvgIpc) is 3.24. The van der Waals surface area contributed by atoms with E-state index in [4.69, 9.17) is 4.74 Å². The fourth-order valence-electron chi connectivity index (χ4n) is 2.89. The first-order valence-electron chi connectivity index (χ1n) is 7.02. The predicted octanol–water partition coefficient (Wildman–Crippen LogP) is 3.03. The van der Waals surface area contributed by atoms with Gasteiger partial charge in [-0.3, -0.25) is 0 Å². The van der Waals surface area contributed by atoms with Gasteiger partial charge in [0.05, 0.1) is 11.6 Å². The Kier molecular flexibility index (Phi) is 3.72. The van der Waals surface area contributed by atoms with E-state index < -0.39 is 0 Å². The maximum Gasteiger partial charge on any atom is 0.135 e. The molecule has 0 bridgehead atoms. The molecule has 0 amide bonds. The number of benzene rings is 1. The van der Waals surface area contributed by atoms with Crippen LogP contribution >= 0.6 is 15.9 Å². The standard InChI is InChI=1S/C15H21BrN2O/c1-10-8-17-14(11-3-4-11)9-18(10)12-5-6-13(16)15(7-12)19-2/h5-7,10-11,14,17H,3-4,8-9H2,1-2H3. The van der Waals surface area contributed by atoms with Crippen molar-refractivity contribution in [1.29, 1.82) is 0 Å². The summed E-state index contributed by atoms with van der Waals surface area (Å²) >= 11 is 3.52. The third-order valence-corrected chi connectivity index (χ3v) is 4.91. The average molecular weight is 325 g/mol. The first-order valence-corrected chi connectivity index (χ1v) is 7.82. The Bertz CT molecular complexity index is 461. The summed E-state index contributed by atoms with van der Waals surface area (Å²) in [5, 5.41) is 3.69. The van der Waals surface area contributed by atoms with Gasteiger partial charge in [-0.05, 0) is 53.7 Å². The molecule has 1 saturated heterocycles. The van der Waals surface area contributed by atoms with Crippen LogP contribution in [0.1, 0.15) is 19.8 Å². The lowest BCUT2D eigenvalue weighted by Crippen LogP contribution is -2.56. The summed E-state index contributed by atoms with van der Waals surface area (Å²) in [5.74, 6) is 1.80. The van der Waals surface area contributed by atoms with Gasteiger partial charge < -0.3 is 15.0 Å². The highest BCUT2D eigenvalue weighted by Crippen LogP contribution is 2.36. The van der Waals surface area contributed by atoms with Crippen LogP contribution in [-0.4, -0.2) is 32.3 Å². The zero-order chi connectivity index (χ0) is 13.4. The molecule has 1 saturated carbocycles. The SMILES string of the molecule is COc1cc(N2CC(C3CC3)NCC2C)ccc1Br. The van der Waals surface area contributed by atoms with Gasteiger partial charge in [0.2, 0.25) is 0 Å². The number of hydrogen-bond acceptors (Lipinski definition) is 3. The van der Waals surface area contributed by atoms with Gasteiger partial charge in [-0.25, -0.2) is 0 Å². The molecule has 0 aromatic heterocycles. The molecular weight excluding hydrogens is 304 g/mol. The molecule has 3 rings (SSSR count). The number of hydrogen-bond donors (Lipinski definition) is 1. The molecule has 19 heavy (non-hydrogen) atoms. The molecule has 1 aromatic carbocycles. The van der Waals surface area contributed by atoms with Crippen LogP contribution in [0.5, 0.6) is 5.75 Å². The summed E-state index contributed by atoms with van der Waals surface area (Å²) in [6, 6.07) is 7.58. The predicted molar refractivity (Wildman–Crippen MR) is 82.0 cm³/mol. The molecule has 0 radical (unpaired) electrons. The van der Waals surface area contributed by atoms with Gasteiger partial charge in [-0.2, -0.15) is 0 Å². The van der Waals surface area contributed by atoms with Crippen molar-refractivity contribution in [1.82, 2.24) is 5.32 Å². The topological polar surface area (TPSA) is 24.5 Å². The molecule has 2 aliphatic rings. The first kappa shape index (κ1) is 13.3. The van der Waals surface area contributed by atoms with Gasteiger partial charge >= 0.3 is 0 Å². The molecule has 104 valence electrons. The quantitative estimate of drug-likeness (QED) is 0.924. The van der Waals surface area contributed by atoms with Gasteiger partial charge in [0.15, 0.2) is 0 Å². The number of halogens is 1. The minimum atomic E-state index is 0.529. The van der Waals surface area contributed by atoms with Crippen LogP contribution in [-0.2, 0) is 0 Å². The van der Waals surface area contributed by atoms with Crippen LogP contribution in [0.2, 0.25) is 0 Å². The van der Waals surface area contributed by atoms with E-state index in [2.05, 4.69) is 51.3 Å². The van der Waals surface area contributed by atoms with E-state index in [0.717, 1.165) is 29.2 Å². The van der Waals surface area contributed by atoms with Gasteiger partial charge in [0.1, 0.15) is 5.75 Å². The number of nitrogens with one attached hydrogen (secondary N) is 1. The van der Waals surface area contributed by atoms with Crippen LogP contribution in [0.15, 0.2) is 22.7 Å². The van der Waals surface area contributed by atoms with E-state index >= 15 is 0 Å². The van der Waals surface area contributed by atoms with Crippen molar-refractivity contribution in [2.45, 2.75) is 31.8 Å². The van der Waals surface area contributed by atoms with Crippen molar-refractivity contribution in [2.24, 2.45) is 5.92 Å². The fraction of sp³-hybridized carbons (Fsp3) is 0.600. The van der Waals surface area contributed by atoms with Gasteiger partial charge in [0.25, 0.3) is 0 Å². The van der Waals surface area contributed by atoms with Crippen LogP contribution in [0, 0.1) is 5.92 Å². The summed E-state index contributed by atoms with van der Waals surface area (Å²) < 4.78 is 6.42. The lowest BCUT2D eigenvalue weighted by atomic mass is 10.1. The first-order chi connectivity index (χ1) is 9.19. The zero-order valence-corrected chi connectivity index (χ0v) is 13.1. The minimum Gasteiger partial charge on any atom is -0.495 e. The van der Waals surface area contributed by atoms with Crippen molar-refractivity contribution in [2.75, 3.05) is 25.1 Å². The Morgan fingerprint density at radius 1 is 1.37 bits per heavy atom. The Morgan fingerprint density at radius 2 is 2.16 bits per heavy atom. The molecule has 2 atom stereocenters. The molecule has 2 fully saturated rings. The van der Waals surface area contributed by atoms with Crippen molar-refractivity contribution >= 4 is 21.6 Å². The summed E-state index contributed by atoms with van der Waals surface area (Å²) in [5.41, 5.74) is 1.26. The zero-order valence-electron chi connectivity index (χ0n) is 11.5. The minimum absolute atomic E-state index is 0.529. The molecule has 1 heterocycles. The number of anilines is 1. The van der Waals surface area contributed by atoms with Gasteiger partial charge in [-0.1, -0.05) is 0 Å². The third-order valence-electron chi connectivity index (χ3n) is 4.26. The summed E-state index contributed by atoms with van der Waals surface area (Å²) in [6.45, 7) is 4.46. The molecule has 4 heteroatoms. The number of methoxy groups -OCH3 is 1. The smallest absolute Gasteiger partial charge is 0.135 e. The second-order valence-corrected chi connectivity index (χ2v) is 6.53. The summed E-state index contributed by atoms with van der Waals surface area (Å²) in [7, 11) is 1.72. The molecule has 2 unspecified atom stereocenters. The molecule has 1 aromatic rings. The second kappa shape index (κ2) is 5.33. The van der Waals surface area contributed by atoms with Crippen molar-refractivity contribution in [3.05, 3.63) is 22.7 Å². The van der Waals surface area contributed by atoms with E-state index in [-0.39, 0.29) is 0 Å². The van der Waals surface area contributed by atoms with Crippen LogP contribution < -0.4 is 15.0 Å². The summed E-state index contributed by atoms with van der Waals surface area (Å²) in [4.78, 5) is 2.51. The van der Waals surface area contributed by atoms with E-state index in [1.165, 1.54) is 18.5 Å². The highest BCUT2D eigenvalue weighted by Gasteiger charge is 2.36. The van der Waals surface area contributed by atoms with E-state index in [0.29, 0.717) is 12.1 Å². The number of rotatable bonds is 3. The van der Waals surface area contributed by atoms with Crippen LogP contribution in [0.3, 0.4) is 0 Å².